The molecule has 2 aromatic rings. The lowest BCUT2D eigenvalue weighted by Crippen LogP contribution is -2.32. The second-order valence-corrected chi connectivity index (χ2v) is 7.48. The minimum absolute atomic E-state index is 0.282. The van der Waals surface area contributed by atoms with Crippen molar-refractivity contribution in [1.29, 1.82) is 36.8 Å². The summed E-state index contributed by atoms with van der Waals surface area (Å²) in [6.45, 7) is 0. The Hall–Kier alpha value is -6.39. The van der Waals surface area contributed by atoms with Crippen molar-refractivity contribution in [1.82, 2.24) is 0 Å². The van der Waals surface area contributed by atoms with Crippen molar-refractivity contribution >= 4 is 16.8 Å². The number of rotatable bonds is 4. The first-order valence-corrected chi connectivity index (χ1v) is 10.3. The van der Waals surface area contributed by atoms with Gasteiger partial charge in [0.2, 0.25) is 0 Å². The highest BCUT2D eigenvalue weighted by Gasteiger charge is 2.29. The molecule has 0 amide bonds. The van der Waals surface area contributed by atoms with Crippen LogP contribution in [0.3, 0.4) is 0 Å². The van der Waals surface area contributed by atoms with Gasteiger partial charge in [0, 0.05) is 30.9 Å². The Bertz CT molecular complexity index is 1800. The van der Waals surface area contributed by atoms with E-state index in [9.17, 15) is 26.3 Å². The molecule has 0 bridgehead atoms. The largest absolute Gasteiger partial charge is 0.378 e. The summed E-state index contributed by atoms with van der Waals surface area (Å²) in [5.74, 6) is -8.58. The predicted molar refractivity (Wildman–Crippen MR) is 126 cm³/mol. The van der Waals surface area contributed by atoms with E-state index in [1.54, 1.807) is 19.0 Å². The maximum absolute atomic E-state index is 15.6. The first-order valence-electron chi connectivity index (χ1n) is 10.3. The fourth-order valence-electron chi connectivity index (χ4n) is 3.43. The monoisotopic (exact) mass is 522 g/mol. The van der Waals surface area contributed by atoms with Crippen LogP contribution in [0.15, 0.2) is 46.6 Å². The molecule has 0 unspecified atom stereocenters. The van der Waals surface area contributed by atoms with Crippen LogP contribution >= 0.6 is 0 Å². The van der Waals surface area contributed by atoms with Gasteiger partial charge in [-0.3, -0.25) is 0 Å². The van der Waals surface area contributed by atoms with Crippen LogP contribution in [-0.4, -0.2) is 14.1 Å². The molecule has 39 heavy (non-hydrogen) atoms. The van der Waals surface area contributed by atoms with E-state index in [4.69, 9.17) is 10.5 Å². The smallest absolute Gasteiger partial charge is 0.171 e. The van der Waals surface area contributed by atoms with Gasteiger partial charge in [-0.25, -0.2) is 17.6 Å². The Kier molecular flexibility index (Phi) is 8.90. The Morgan fingerprint density at radius 2 is 1.03 bits per heavy atom. The van der Waals surface area contributed by atoms with Gasteiger partial charge in [0.05, 0.1) is 16.0 Å². The number of hydrogen-bond acceptors (Lipinski definition) is 8. The van der Waals surface area contributed by atoms with E-state index in [-0.39, 0.29) is 5.56 Å². The highest BCUT2D eigenvalue weighted by Crippen LogP contribution is 2.32. The molecule has 0 aliphatic carbocycles. The quantitative estimate of drug-likeness (QED) is 0.255. The molecule has 0 radical (unpaired) electrons. The van der Waals surface area contributed by atoms with Crippen molar-refractivity contribution < 1.29 is 17.6 Å². The molecule has 0 heterocycles. The van der Waals surface area contributed by atoms with Gasteiger partial charge < -0.3 is 4.90 Å². The zero-order valence-electron chi connectivity index (χ0n) is 19.9. The number of anilines is 1. The van der Waals surface area contributed by atoms with Gasteiger partial charge in [-0.2, -0.15) is 36.8 Å². The molecule has 0 N–H and O–H groups in total. The van der Waals surface area contributed by atoms with Gasteiger partial charge in [0.25, 0.3) is 0 Å². The third-order valence-corrected chi connectivity index (χ3v) is 5.22. The molecule has 0 aliphatic heterocycles. The van der Waals surface area contributed by atoms with Crippen molar-refractivity contribution in [2.45, 2.75) is 0 Å². The van der Waals surface area contributed by atoms with Crippen molar-refractivity contribution in [2.24, 2.45) is 0 Å². The maximum atomic E-state index is 15.6. The molecule has 0 aliphatic rings. The summed E-state index contributed by atoms with van der Waals surface area (Å²) in [5.41, 5.74) is -5.88. The van der Waals surface area contributed by atoms with Crippen LogP contribution in [0.4, 0.5) is 23.2 Å². The van der Waals surface area contributed by atoms with Crippen LogP contribution in [0.1, 0.15) is 5.56 Å². The normalized spacial score (nSPS) is 9.10. The summed E-state index contributed by atoms with van der Waals surface area (Å²) in [6, 6.07) is 14.4. The Balaban J connectivity index is 3.57. The predicted octanol–water partition coefficient (Wildman–Crippen LogP) is 2.92. The minimum atomic E-state index is -2.15. The van der Waals surface area contributed by atoms with Gasteiger partial charge in [0.15, 0.2) is 23.3 Å². The lowest BCUT2D eigenvalue weighted by Gasteiger charge is -2.17. The summed E-state index contributed by atoms with van der Waals surface area (Å²) < 4.78 is 61.4. The van der Waals surface area contributed by atoms with Gasteiger partial charge in [-0.1, -0.05) is 12.1 Å². The standard InChI is InChI=1S/C27H10F4N8/c1-39(2)18-5-3-14(4-6-18)21(20(16(9-34)10-35)19(13-38)15(7-32)8-33)23-26(30)24(28)22(17(11-36)12-37)25(29)27(23)31/h3-6H,1-2H3. The highest BCUT2D eigenvalue weighted by atomic mass is 19.2. The minimum Gasteiger partial charge on any atom is -0.378 e. The molecule has 2 rings (SSSR count). The first kappa shape index (κ1) is 28.8. The number of allylic oxidation sites excluding steroid dienone is 4. The Labute approximate surface area is 218 Å². The average molecular weight is 522 g/mol. The van der Waals surface area contributed by atoms with Gasteiger partial charge in [0.1, 0.15) is 59.2 Å². The molecule has 0 fully saturated rings. The van der Waals surface area contributed by atoms with Crippen LogP contribution in [0.5, 0.6) is 0 Å². The van der Waals surface area contributed by atoms with E-state index in [1.807, 2.05) is 0 Å². The number of nitrogens with zero attached hydrogens (tertiary/aromatic N) is 8. The fraction of sp³-hybridized carbons (Fsp3) is 0.0741. The summed E-state index contributed by atoms with van der Waals surface area (Å²) in [6.07, 6.45) is 0. The lowest BCUT2D eigenvalue weighted by atomic mass is 9.85. The molecule has 0 atom stereocenters. The zero-order valence-corrected chi connectivity index (χ0v) is 19.9. The Morgan fingerprint density at radius 1 is 0.590 bits per heavy atom. The maximum Gasteiger partial charge on any atom is 0.171 e. The first-order chi connectivity index (χ1) is 18.6. The second-order valence-electron chi connectivity index (χ2n) is 7.48. The summed E-state index contributed by atoms with van der Waals surface area (Å²) in [5, 5.41) is 62.6. The van der Waals surface area contributed by atoms with E-state index in [2.05, 4.69) is 0 Å². The fourth-order valence-corrected chi connectivity index (χ4v) is 3.43. The van der Waals surface area contributed by atoms with Crippen molar-refractivity contribution in [3.63, 3.8) is 0 Å². The van der Waals surface area contributed by atoms with E-state index in [0.29, 0.717) is 5.69 Å². The molecule has 0 spiro atoms. The van der Waals surface area contributed by atoms with Gasteiger partial charge >= 0.3 is 0 Å². The zero-order chi connectivity index (χ0) is 29.4. The second kappa shape index (κ2) is 12.0. The van der Waals surface area contributed by atoms with Gasteiger partial charge in [-0.15, -0.1) is 0 Å². The molecular formula is C27H10F4N8. The van der Waals surface area contributed by atoms with E-state index in [0.717, 1.165) is 12.1 Å². The van der Waals surface area contributed by atoms with Crippen LogP contribution in [-0.2, 0) is 0 Å². The third-order valence-electron chi connectivity index (χ3n) is 5.22. The number of nitriles is 7. The molecule has 0 saturated heterocycles. The summed E-state index contributed by atoms with van der Waals surface area (Å²) in [7, 11) is 3.30. The van der Waals surface area contributed by atoms with Crippen molar-refractivity contribution in [2.75, 3.05) is 19.0 Å². The lowest BCUT2D eigenvalue weighted by molar-refractivity contribution is 0.434. The van der Waals surface area contributed by atoms with E-state index < -0.39 is 67.1 Å². The summed E-state index contributed by atoms with van der Waals surface area (Å²) in [4.78, 5) is 1.62. The topological polar surface area (TPSA) is 170 Å². The SMILES string of the molecule is CN(C)c1ccc(C(C(=C(C#N)C#N)C(C#N)=C(C#N)C#N)=c2c(F)c(F)c(=C(C#N)C#N)c(F)c2F)cc1. The van der Waals surface area contributed by atoms with E-state index >= 15 is 17.6 Å². The average Bonchev–Trinajstić information content (AvgIpc) is 2.94. The van der Waals surface area contributed by atoms with Crippen LogP contribution in [0, 0.1) is 103 Å². The third kappa shape index (κ3) is 5.11. The van der Waals surface area contributed by atoms with Crippen molar-refractivity contribution in [3.8, 4) is 42.5 Å². The van der Waals surface area contributed by atoms with Crippen molar-refractivity contribution in [3.05, 3.63) is 85.8 Å². The number of benzene rings is 2. The summed E-state index contributed by atoms with van der Waals surface area (Å²) >= 11 is 0. The molecule has 12 heteroatoms. The van der Waals surface area contributed by atoms with Crippen LogP contribution in [0.2, 0.25) is 0 Å². The molecule has 0 aromatic heterocycles. The molecule has 8 nitrogen and oxygen atoms in total. The molecule has 186 valence electrons. The van der Waals surface area contributed by atoms with E-state index in [1.165, 1.54) is 54.6 Å². The van der Waals surface area contributed by atoms with Crippen LogP contribution < -0.4 is 15.3 Å². The number of hydrogen-bond donors (Lipinski definition) is 0. The molecular weight excluding hydrogens is 512 g/mol. The molecule has 0 saturated carbocycles. The molecule has 2 aromatic carbocycles. The highest BCUT2D eigenvalue weighted by molar-refractivity contribution is 5.89. The van der Waals surface area contributed by atoms with Crippen LogP contribution in [0.25, 0.3) is 11.1 Å². The van der Waals surface area contributed by atoms with Gasteiger partial charge in [-0.05, 0) is 17.7 Å². The number of halogens is 4. The Morgan fingerprint density at radius 3 is 1.38 bits per heavy atom.